The molecule has 6 nitrogen and oxygen atoms in total. The molecule has 0 radical (unpaired) electrons. The second kappa shape index (κ2) is 11.2. The molecule has 0 bridgehead atoms. The number of unbranched alkanes of at least 4 members (excludes halogenated alkanes) is 1. The van der Waals surface area contributed by atoms with E-state index in [-0.39, 0.29) is 23.3 Å². The molecule has 0 saturated carbocycles. The Morgan fingerprint density at radius 2 is 1.67 bits per heavy atom. The Bertz CT molecular complexity index is 1100. The van der Waals surface area contributed by atoms with E-state index in [1.54, 1.807) is 44.2 Å². The summed E-state index contributed by atoms with van der Waals surface area (Å²) in [5, 5.41) is 15.9. The van der Waals surface area contributed by atoms with Crippen molar-refractivity contribution in [2.45, 2.75) is 46.1 Å². The third-order valence-corrected chi connectivity index (χ3v) is 5.31. The summed E-state index contributed by atoms with van der Waals surface area (Å²) in [6.45, 7) is 5.62. The SMILES string of the molecule is CCCCc1ccc(OC(C)C(=O)Nc2cc(O)c(NC(=O)c3ccccc3)cc2C)cc1. The second-order valence-electron chi connectivity index (χ2n) is 8.00. The van der Waals surface area contributed by atoms with Crippen molar-refractivity contribution in [3.63, 3.8) is 0 Å². The molecule has 0 aliphatic carbocycles. The fourth-order valence-corrected chi connectivity index (χ4v) is 3.32. The molecule has 0 aromatic heterocycles. The van der Waals surface area contributed by atoms with E-state index < -0.39 is 6.10 Å². The maximum atomic E-state index is 12.6. The summed E-state index contributed by atoms with van der Waals surface area (Å²) in [6, 6.07) is 19.5. The number of aromatic hydroxyl groups is 1. The number of anilines is 2. The van der Waals surface area contributed by atoms with E-state index in [0.29, 0.717) is 22.6 Å². The molecule has 172 valence electrons. The minimum Gasteiger partial charge on any atom is -0.506 e. The molecule has 1 atom stereocenters. The van der Waals surface area contributed by atoms with E-state index in [1.807, 2.05) is 30.3 Å². The highest BCUT2D eigenvalue weighted by Crippen LogP contribution is 2.31. The molecule has 3 rings (SSSR count). The van der Waals surface area contributed by atoms with Gasteiger partial charge in [0.05, 0.1) is 5.69 Å². The number of amides is 2. The summed E-state index contributed by atoms with van der Waals surface area (Å²) in [4.78, 5) is 25.0. The lowest BCUT2D eigenvalue weighted by Crippen LogP contribution is -2.30. The number of phenolic OH excluding ortho intramolecular Hbond substituents is 1. The molecule has 0 fully saturated rings. The lowest BCUT2D eigenvalue weighted by atomic mass is 10.1. The summed E-state index contributed by atoms with van der Waals surface area (Å²) >= 11 is 0. The van der Waals surface area contributed by atoms with Crippen LogP contribution in [-0.2, 0) is 11.2 Å². The normalized spacial score (nSPS) is 11.5. The number of aryl methyl sites for hydroxylation is 2. The molecule has 0 aliphatic heterocycles. The second-order valence-corrected chi connectivity index (χ2v) is 8.00. The van der Waals surface area contributed by atoms with Gasteiger partial charge in [-0.3, -0.25) is 9.59 Å². The van der Waals surface area contributed by atoms with Crippen molar-refractivity contribution >= 4 is 23.2 Å². The third kappa shape index (κ3) is 6.59. The molecule has 33 heavy (non-hydrogen) atoms. The fraction of sp³-hybridized carbons (Fsp3) is 0.259. The number of nitrogens with one attached hydrogen (secondary N) is 2. The Morgan fingerprint density at radius 1 is 0.970 bits per heavy atom. The van der Waals surface area contributed by atoms with E-state index in [2.05, 4.69) is 17.6 Å². The number of hydrogen-bond donors (Lipinski definition) is 3. The predicted octanol–water partition coefficient (Wildman–Crippen LogP) is 5.70. The first kappa shape index (κ1) is 23.9. The van der Waals surface area contributed by atoms with Crippen molar-refractivity contribution in [1.82, 2.24) is 0 Å². The van der Waals surface area contributed by atoms with Crippen molar-refractivity contribution in [3.8, 4) is 11.5 Å². The van der Waals surface area contributed by atoms with Gasteiger partial charge in [0.2, 0.25) is 0 Å². The number of carbonyl (C=O) groups is 2. The molecular weight excluding hydrogens is 416 g/mol. The molecule has 3 aromatic rings. The van der Waals surface area contributed by atoms with Gasteiger partial charge >= 0.3 is 0 Å². The van der Waals surface area contributed by atoms with Gasteiger partial charge in [-0.2, -0.15) is 0 Å². The van der Waals surface area contributed by atoms with Crippen molar-refractivity contribution < 1.29 is 19.4 Å². The van der Waals surface area contributed by atoms with E-state index in [0.717, 1.165) is 19.3 Å². The highest BCUT2D eigenvalue weighted by molar-refractivity contribution is 6.05. The predicted molar refractivity (Wildman–Crippen MR) is 131 cm³/mol. The third-order valence-electron chi connectivity index (χ3n) is 5.31. The molecule has 3 aromatic carbocycles. The minimum absolute atomic E-state index is 0.142. The van der Waals surface area contributed by atoms with Crippen LogP contribution < -0.4 is 15.4 Å². The molecule has 2 amide bonds. The molecule has 1 unspecified atom stereocenters. The van der Waals surface area contributed by atoms with Crippen LogP contribution >= 0.6 is 0 Å². The quantitative estimate of drug-likeness (QED) is 0.368. The van der Waals surface area contributed by atoms with Gasteiger partial charge in [0, 0.05) is 17.3 Å². The maximum Gasteiger partial charge on any atom is 0.265 e. The molecule has 0 heterocycles. The van der Waals surface area contributed by atoms with E-state index in [4.69, 9.17) is 4.74 Å². The van der Waals surface area contributed by atoms with Crippen LogP contribution in [0.2, 0.25) is 0 Å². The van der Waals surface area contributed by atoms with Crippen molar-refractivity contribution in [2.75, 3.05) is 10.6 Å². The number of ether oxygens (including phenoxy) is 1. The summed E-state index contributed by atoms with van der Waals surface area (Å²) in [6.07, 6.45) is 2.58. The van der Waals surface area contributed by atoms with Gasteiger partial charge in [0.15, 0.2) is 6.10 Å². The van der Waals surface area contributed by atoms with E-state index >= 15 is 0 Å². The number of carbonyl (C=O) groups excluding carboxylic acids is 2. The molecule has 0 saturated heterocycles. The van der Waals surface area contributed by atoms with Crippen LogP contribution in [0.4, 0.5) is 11.4 Å². The molecule has 0 spiro atoms. The van der Waals surface area contributed by atoms with Crippen molar-refractivity contribution in [3.05, 3.63) is 83.4 Å². The van der Waals surface area contributed by atoms with Gasteiger partial charge in [-0.05, 0) is 68.1 Å². The molecule has 6 heteroatoms. The van der Waals surface area contributed by atoms with Gasteiger partial charge in [-0.25, -0.2) is 0 Å². The summed E-state index contributed by atoms with van der Waals surface area (Å²) < 4.78 is 5.77. The molecular formula is C27H30N2O4. The fourth-order valence-electron chi connectivity index (χ4n) is 3.32. The number of hydrogen-bond acceptors (Lipinski definition) is 4. The average molecular weight is 447 g/mol. The Morgan fingerprint density at radius 3 is 2.33 bits per heavy atom. The first-order valence-electron chi connectivity index (χ1n) is 11.1. The highest BCUT2D eigenvalue weighted by atomic mass is 16.5. The van der Waals surface area contributed by atoms with Crippen LogP contribution in [0.3, 0.4) is 0 Å². The highest BCUT2D eigenvalue weighted by Gasteiger charge is 2.18. The Labute approximate surface area is 194 Å². The molecule has 3 N–H and O–H groups in total. The van der Waals surface area contributed by atoms with E-state index in [9.17, 15) is 14.7 Å². The lowest BCUT2D eigenvalue weighted by Gasteiger charge is -2.17. The lowest BCUT2D eigenvalue weighted by molar-refractivity contribution is -0.122. The first-order valence-corrected chi connectivity index (χ1v) is 11.1. The monoisotopic (exact) mass is 446 g/mol. The summed E-state index contributed by atoms with van der Waals surface area (Å²) in [5.74, 6) is -0.189. The maximum absolute atomic E-state index is 12.6. The first-order chi connectivity index (χ1) is 15.9. The summed E-state index contributed by atoms with van der Waals surface area (Å²) in [5.41, 5.74) is 3.13. The van der Waals surface area contributed by atoms with Gasteiger partial charge in [-0.1, -0.05) is 43.7 Å². The minimum atomic E-state index is -0.731. The number of rotatable bonds is 9. The van der Waals surface area contributed by atoms with Gasteiger partial charge in [0.25, 0.3) is 11.8 Å². The number of benzene rings is 3. The van der Waals surface area contributed by atoms with Crippen LogP contribution in [0.15, 0.2) is 66.7 Å². The Kier molecular flexibility index (Phi) is 8.08. The largest absolute Gasteiger partial charge is 0.506 e. The smallest absolute Gasteiger partial charge is 0.265 e. The van der Waals surface area contributed by atoms with Crippen molar-refractivity contribution in [1.29, 1.82) is 0 Å². The average Bonchev–Trinajstić information content (AvgIpc) is 2.82. The molecule has 0 aliphatic rings. The number of phenols is 1. The van der Waals surface area contributed by atoms with Crippen LogP contribution in [-0.4, -0.2) is 23.0 Å². The van der Waals surface area contributed by atoms with Crippen molar-refractivity contribution in [2.24, 2.45) is 0 Å². The van der Waals surface area contributed by atoms with Crippen LogP contribution in [0.5, 0.6) is 11.5 Å². The Hall–Kier alpha value is -3.80. The van der Waals surface area contributed by atoms with Crippen LogP contribution in [0.1, 0.15) is 48.2 Å². The zero-order valence-corrected chi connectivity index (χ0v) is 19.2. The zero-order valence-electron chi connectivity index (χ0n) is 19.2. The van der Waals surface area contributed by atoms with Gasteiger partial charge in [-0.15, -0.1) is 0 Å². The van der Waals surface area contributed by atoms with Gasteiger partial charge < -0.3 is 20.5 Å². The van der Waals surface area contributed by atoms with Crippen LogP contribution in [0.25, 0.3) is 0 Å². The Balaban J connectivity index is 1.62. The van der Waals surface area contributed by atoms with E-state index in [1.165, 1.54) is 11.6 Å². The topological polar surface area (TPSA) is 87.7 Å². The standard InChI is InChI=1S/C27H30N2O4/c1-4-5-9-20-12-14-22(15-13-20)33-19(3)26(31)28-23-17-25(30)24(16-18(23)2)29-27(32)21-10-7-6-8-11-21/h6-8,10-17,19,30H,4-5,9H2,1-3H3,(H,28,31)(H,29,32). The van der Waals surface area contributed by atoms with Gasteiger partial charge in [0.1, 0.15) is 11.5 Å². The summed E-state index contributed by atoms with van der Waals surface area (Å²) in [7, 11) is 0. The van der Waals surface area contributed by atoms with Crippen LogP contribution in [0, 0.1) is 6.92 Å². The zero-order chi connectivity index (χ0) is 23.8.